The monoisotopic (exact) mass is 408 g/mol. The van der Waals surface area contributed by atoms with Crippen molar-refractivity contribution in [2.75, 3.05) is 49.6 Å². The molecule has 8 heteroatoms. The van der Waals surface area contributed by atoms with Gasteiger partial charge in [0.2, 0.25) is 5.91 Å². The number of nitrogens with two attached hydrogens (primary N) is 1. The Morgan fingerprint density at radius 2 is 1.93 bits per heavy atom. The molecule has 0 unspecified atom stereocenters. The lowest BCUT2D eigenvalue weighted by molar-refractivity contribution is -0.125. The van der Waals surface area contributed by atoms with Crippen molar-refractivity contribution in [2.45, 2.75) is 33.7 Å². The van der Waals surface area contributed by atoms with Crippen LogP contribution in [0.3, 0.4) is 0 Å². The van der Waals surface area contributed by atoms with Crippen LogP contribution in [0.4, 0.5) is 15.8 Å². The predicted molar refractivity (Wildman–Crippen MR) is 112 cm³/mol. The molecule has 1 aliphatic rings. The van der Waals surface area contributed by atoms with Crippen molar-refractivity contribution in [1.29, 1.82) is 0 Å². The lowest BCUT2D eigenvalue weighted by Crippen LogP contribution is -2.51. The van der Waals surface area contributed by atoms with Crippen LogP contribution in [0.15, 0.2) is 18.2 Å². The summed E-state index contributed by atoms with van der Waals surface area (Å²) in [4.78, 5) is 28.2. The minimum absolute atomic E-state index is 0.0579. The van der Waals surface area contributed by atoms with Crippen LogP contribution in [0.5, 0.6) is 0 Å². The summed E-state index contributed by atoms with van der Waals surface area (Å²) in [6.07, 6.45) is 0. The number of carbonyl (C=O) groups is 2. The van der Waals surface area contributed by atoms with E-state index < -0.39 is 11.9 Å². The van der Waals surface area contributed by atoms with Gasteiger partial charge in [-0.1, -0.05) is 27.7 Å². The van der Waals surface area contributed by atoms with Gasteiger partial charge in [0.05, 0.1) is 12.3 Å². The molecule has 1 saturated heterocycles. The second-order valence-corrected chi connectivity index (χ2v) is 8.25. The van der Waals surface area contributed by atoms with E-state index in [9.17, 15) is 14.0 Å². The topological polar surface area (TPSA) is 87.9 Å². The van der Waals surface area contributed by atoms with Crippen LogP contribution in [-0.2, 0) is 14.3 Å². The number of hydrogen-bond donors (Lipinski definition) is 2. The number of carbonyl (C=O) groups excluding carboxylic acids is 2. The van der Waals surface area contributed by atoms with Gasteiger partial charge in [-0.15, -0.1) is 0 Å². The Bertz CT molecular complexity index is 701. The average molecular weight is 409 g/mol. The summed E-state index contributed by atoms with van der Waals surface area (Å²) >= 11 is 0. The van der Waals surface area contributed by atoms with E-state index in [2.05, 4.69) is 37.9 Å². The van der Waals surface area contributed by atoms with E-state index in [0.717, 1.165) is 13.1 Å². The lowest BCUT2D eigenvalue weighted by atomic mass is 10.1. The summed E-state index contributed by atoms with van der Waals surface area (Å²) in [5.41, 5.74) is 6.44. The number of amides is 2. The fourth-order valence-electron chi connectivity index (χ4n) is 3.49. The van der Waals surface area contributed by atoms with Crippen LogP contribution in [0.25, 0.3) is 0 Å². The van der Waals surface area contributed by atoms with Gasteiger partial charge in [-0.2, -0.15) is 0 Å². The lowest BCUT2D eigenvalue weighted by Gasteiger charge is -2.32. The van der Waals surface area contributed by atoms with Crippen molar-refractivity contribution in [2.24, 2.45) is 17.6 Å². The molecule has 29 heavy (non-hydrogen) atoms. The van der Waals surface area contributed by atoms with Crippen LogP contribution < -0.4 is 16.0 Å². The third-order valence-electron chi connectivity index (χ3n) is 4.66. The summed E-state index contributed by atoms with van der Waals surface area (Å²) in [5, 5.41) is 2.77. The highest BCUT2D eigenvalue weighted by Gasteiger charge is 2.27. The van der Waals surface area contributed by atoms with Crippen molar-refractivity contribution < 1.29 is 18.7 Å². The Morgan fingerprint density at radius 3 is 2.45 bits per heavy atom. The molecule has 1 aromatic rings. The van der Waals surface area contributed by atoms with E-state index in [0.29, 0.717) is 30.7 Å². The normalized spacial score (nSPS) is 16.0. The Labute approximate surface area is 172 Å². The molecular formula is C21H33FN4O3. The zero-order chi connectivity index (χ0) is 21.6. The average Bonchev–Trinajstić information content (AvgIpc) is 2.62. The number of halogens is 1. The van der Waals surface area contributed by atoms with Gasteiger partial charge < -0.3 is 20.7 Å². The minimum Gasteiger partial charge on any atom is -0.370 e. The quantitative estimate of drug-likeness (QED) is 0.653. The number of ether oxygens (including phenoxy) is 1. The summed E-state index contributed by atoms with van der Waals surface area (Å²) in [6.45, 7) is 10.7. The zero-order valence-corrected chi connectivity index (χ0v) is 17.8. The number of anilines is 2. The summed E-state index contributed by atoms with van der Waals surface area (Å²) in [5.74, 6) is -0.336. The first kappa shape index (κ1) is 23.3. The van der Waals surface area contributed by atoms with Gasteiger partial charge in [0.15, 0.2) is 0 Å². The second kappa shape index (κ2) is 10.7. The molecule has 7 nitrogen and oxygen atoms in total. The molecule has 2 amide bonds. The van der Waals surface area contributed by atoms with E-state index >= 15 is 0 Å². The van der Waals surface area contributed by atoms with Gasteiger partial charge in [0, 0.05) is 31.9 Å². The third kappa shape index (κ3) is 6.48. The Balaban J connectivity index is 2.13. The molecule has 0 aliphatic carbocycles. The predicted octanol–water partition coefficient (Wildman–Crippen LogP) is 2.07. The Kier molecular flexibility index (Phi) is 8.55. The molecule has 3 N–H and O–H groups in total. The van der Waals surface area contributed by atoms with Gasteiger partial charge in [0.1, 0.15) is 18.5 Å². The van der Waals surface area contributed by atoms with E-state index in [1.165, 1.54) is 17.0 Å². The van der Waals surface area contributed by atoms with E-state index in [1.54, 1.807) is 6.07 Å². The number of rotatable bonds is 9. The largest absolute Gasteiger partial charge is 0.370 e. The molecular weight excluding hydrogens is 375 g/mol. The number of hydrogen-bond acceptors (Lipinski definition) is 5. The van der Waals surface area contributed by atoms with Crippen LogP contribution in [0.1, 0.15) is 27.7 Å². The van der Waals surface area contributed by atoms with E-state index in [4.69, 9.17) is 10.5 Å². The number of benzene rings is 1. The Morgan fingerprint density at radius 1 is 1.28 bits per heavy atom. The molecule has 162 valence electrons. The molecule has 0 saturated carbocycles. The summed E-state index contributed by atoms with van der Waals surface area (Å²) in [6, 6.07) is 3.84. The molecule has 1 fully saturated rings. The summed E-state index contributed by atoms with van der Waals surface area (Å²) < 4.78 is 19.7. The number of nitrogens with one attached hydrogen (secondary N) is 1. The van der Waals surface area contributed by atoms with Crippen molar-refractivity contribution in [3.8, 4) is 0 Å². The SMILES string of the molecule is CC(C)CN(CC(C)C)[C@@H](CN)C(=O)Nc1ccc(N2CCOCC2=O)c(F)c1. The van der Waals surface area contributed by atoms with Gasteiger partial charge in [-0.05, 0) is 30.0 Å². The van der Waals surface area contributed by atoms with E-state index in [-0.39, 0.29) is 30.7 Å². The van der Waals surface area contributed by atoms with Crippen molar-refractivity contribution in [1.82, 2.24) is 4.90 Å². The van der Waals surface area contributed by atoms with Crippen molar-refractivity contribution in [3.05, 3.63) is 24.0 Å². The third-order valence-corrected chi connectivity index (χ3v) is 4.66. The fraction of sp³-hybridized carbons (Fsp3) is 0.619. The maximum Gasteiger partial charge on any atom is 0.253 e. The maximum atomic E-state index is 14.6. The molecule has 0 spiro atoms. The molecule has 2 rings (SSSR count). The van der Waals surface area contributed by atoms with Crippen LogP contribution >= 0.6 is 0 Å². The molecule has 1 heterocycles. The highest BCUT2D eigenvalue weighted by Crippen LogP contribution is 2.24. The van der Waals surface area contributed by atoms with Crippen molar-refractivity contribution >= 4 is 23.2 Å². The molecule has 0 radical (unpaired) electrons. The summed E-state index contributed by atoms with van der Waals surface area (Å²) in [7, 11) is 0. The maximum absolute atomic E-state index is 14.6. The second-order valence-electron chi connectivity index (χ2n) is 8.25. The smallest absolute Gasteiger partial charge is 0.253 e. The zero-order valence-electron chi connectivity index (χ0n) is 17.8. The highest BCUT2D eigenvalue weighted by molar-refractivity contribution is 5.97. The van der Waals surface area contributed by atoms with Crippen molar-refractivity contribution in [3.63, 3.8) is 0 Å². The van der Waals surface area contributed by atoms with Gasteiger partial charge >= 0.3 is 0 Å². The number of morpholine rings is 1. The van der Waals surface area contributed by atoms with Gasteiger partial charge in [0.25, 0.3) is 5.91 Å². The standard InChI is InChI=1S/C21H33FN4O3/c1-14(2)11-25(12-15(3)4)19(10-23)21(28)24-16-5-6-18(17(22)9-16)26-7-8-29-13-20(26)27/h5-6,9,14-15,19H,7-8,10-13,23H2,1-4H3,(H,24,28)/t19-/m0/s1. The fourth-order valence-corrected chi connectivity index (χ4v) is 3.49. The Hall–Kier alpha value is -2.03. The van der Waals surface area contributed by atoms with Crippen LogP contribution in [0.2, 0.25) is 0 Å². The molecule has 0 aromatic heterocycles. The first-order valence-corrected chi connectivity index (χ1v) is 10.2. The van der Waals surface area contributed by atoms with Crippen LogP contribution in [-0.4, -0.2) is 62.1 Å². The van der Waals surface area contributed by atoms with Gasteiger partial charge in [-0.3, -0.25) is 14.5 Å². The molecule has 1 aliphatic heterocycles. The minimum atomic E-state index is -0.566. The molecule has 0 bridgehead atoms. The number of nitrogens with zero attached hydrogens (tertiary/aromatic N) is 2. The van der Waals surface area contributed by atoms with E-state index in [1.807, 2.05) is 0 Å². The molecule has 1 aromatic carbocycles. The highest BCUT2D eigenvalue weighted by atomic mass is 19.1. The first-order valence-electron chi connectivity index (χ1n) is 10.2. The first-order chi connectivity index (χ1) is 13.7. The van der Waals surface area contributed by atoms with Gasteiger partial charge in [-0.25, -0.2) is 4.39 Å². The molecule has 1 atom stereocenters. The van der Waals surface area contributed by atoms with Crippen LogP contribution in [0, 0.1) is 17.7 Å².